The first-order valence-electron chi connectivity index (χ1n) is 7.25. The fraction of sp³-hybridized carbons (Fsp3) is 1.00. The van der Waals surface area contributed by atoms with Gasteiger partial charge in [-0.1, -0.05) is 13.8 Å². The Balaban J connectivity index is 2.87. The smallest absolute Gasteiger partial charge is 0.153 e. The van der Waals surface area contributed by atoms with Crippen LogP contribution in [0, 0.1) is 0 Å². The van der Waals surface area contributed by atoms with Gasteiger partial charge in [-0.2, -0.15) is 0 Å². The predicted molar refractivity (Wildman–Crippen MR) is 81.3 cm³/mol. The SMILES string of the molecule is CCC1(CC)CN(CC(C)(C)S(C)(=O)=O)C(C)CN1. The van der Waals surface area contributed by atoms with Gasteiger partial charge in [0.05, 0.1) is 4.75 Å². The molecule has 1 aliphatic heterocycles. The van der Waals surface area contributed by atoms with Gasteiger partial charge in [0.2, 0.25) is 0 Å². The van der Waals surface area contributed by atoms with Crippen molar-refractivity contribution >= 4 is 9.84 Å². The molecule has 1 saturated heterocycles. The van der Waals surface area contributed by atoms with E-state index in [0.29, 0.717) is 12.6 Å². The van der Waals surface area contributed by atoms with E-state index in [-0.39, 0.29) is 5.54 Å². The molecule has 1 fully saturated rings. The third-order valence-electron chi connectivity index (χ3n) is 4.84. The molecule has 0 spiro atoms. The van der Waals surface area contributed by atoms with Crippen molar-refractivity contribution in [1.82, 2.24) is 10.2 Å². The summed E-state index contributed by atoms with van der Waals surface area (Å²) in [6.07, 6.45) is 3.49. The van der Waals surface area contributed by atoms with Crippen molar-refractivity contribution in [1.29, 1.82) is 0 Å². The van der Waals surface area contributed by atoms with E-state index in [1.165, 1.54) is 6.26 Å². The van der Waals surface area contributed by atoms with Crippen LogP contribution in [0.4, 0.5) is 0 Å². The van der Waals surface area contributed by atoms with Crippen LogP contribution < -0.4 is 5.32 Å². The molecule has 1 rings (SSSR count). The van der Waals surface area contributed by atoms with Crippen LogP contribution in [0.2, 0.25) is 0 Å². The van der Waals surface area contributed by atoms with E-state index in [0.717, 1.165) is 25.9 Å². The summed E-state index contributed by atoms with van der Waals surface area (Å²) >= 11 is 0. The molecule has 1 N–H and O–H groups in total. The van der Waals surface area contributed by atoms with Gasteiger partial charge in [0.25, 0.3) is 0 Å². The van der Waals surface area contributed by atoms with Crippen LogP contribution in [-0.4, -0.2) is 55.5 Å². The Labute approximate surface area is 118 Å². The van der Waals surface area contributed by atoms with Crippen LogP contribution in [0.3, 0.4) is 0 Å². The fourth-order valence-corrected chi connectivity index (χ4v) is 3.04. The van der Waals surface area contributed by atoms with Gasteiger partial charge in [-0.3, -0.25) is 4.90 Å². The fourth-order valence-electron chi connectivity index (χ4n) is 2.64. The lowest BCUT2D eigenvalue weighted by Crippen LogP contribution is -2.65. The average Bonchev–Trinajstić information content (AvgIpc) is 2.31. The van der Waals surface area contributed by atoms with Crippen molar-refractivity contribution < 1.29 is 8.42 Å². The van der Waals surface area contributed by atoms with Gasteiger partial charge >= 0.3 is 0 Å². The lowest BCUT2D eigenvalue weighted by atomic mass is 9.88. The third kappa shape index (κ3) is 3.70. The molecule has 1 heterocycles. The van der Waals surface area contributed by atoms with Gasteiger partial charge < -0.3 is 5.32 Å². The normalized spacial score (nSPS) is 25.5. The molecule has 1 unspecified atom stereocenters. The van der Waals surface area contributed by atoms with E-state index < -0.39 is 14.6 Å². The molecule has 0 aromatic rings. The number of piperazine rings is 1. The number of rotatable bonds is 5. The van der Waals surface area contributed by atoms with Crippen molar-refractivity contribution in [3.05, 3.63) is 0 Å². The van der Waals surface area contributed by atoms with Crippen LogP contribution in [-0.2, 0) is 9.84 Å². The Hall–Kier alpha value is -0.130. The van der Waals surface area contributed by atoms with Crippen LogP contribution in [0.15, 0.2) is 0 Å². The zero-order valence-corrected chi connectivity index (χ0v) is 14.1. The van der Waals surface area contributed by atoms with E-state index in [2.05, 4.69) is 31.0 Å². The standard InChI is InChI=1S/C14H30N2O2S/c1-7-14(8-2)11-16(12(3)9-15-14)10-13(4,5)19(6,17)18/h12,15H,7-11H2,1-6H3. The van der Waals surface area contributed by atoms with Crippen LogP contribution in [0.1, 0.15) is 47.5 Å². The summed E-state index contributed by atoms with van der Waals surface area (Å²) in [5.74, 6) is 0. The van der Waals surface area contributed by atoms with E-state index in [4.69, 9.17) is 0 Å². The van der Waals surface area contributed by atoms with Gasteiger partial charge in [0.15, 0.2) is 9.84 Å². The molecule has 1 aliphatic rings. The quantitative estimate of drug-likeness (QED) is 0.836. The summed E-state index contributed by atoms with van der Waals surface area (Å²) < 4.78 is 23.1. The van der Waals surface area contributed by atoms with Crippen molar-refractivity contribution in [2.24, 2.45) is 0 Å². The Kier molecular flexibility index (Phi) is 5.08. The molecule has 0 bridgehead atoms. The highest BCUT2D eigenvalue weighted by atomic mass is 32.2. The van der Waals surface area contributed by atoms with E-state index in [9.17, 15) is 8.42 Å². The minimum atomic E-state index is -3.04. The molecule has 0 aromatic carbocycles. The largest absolute Gasteiger partial charge is 0.308 e. The van der Waals surface area contributed by atoms with E-state index >= 15 is 0 Å². The Bertz CT molecular complexity index is 400. The molecular weight excluding hydrogens is 260 g/mol. The number of nitrogens with zero attached hydrogens (tertiary/aromatic N) is 1. The lowest BCUT2D eigenvalue weighted by Gasteiger charge is -2.48. The summed E-state index contributed by atoms with van der Waals surface area (Å²) in [4.78, 5) is 2.34. The predicted octanol–water partition coefficient (Wildman–Crippen LogP) is 1.66. The monoisotopic (exact) mass is 290 g/mol. The lowest BCUT2D eigenvalue weighted by molar-refractivity contribution is 0.0742. The highest BCUT2D eigenvalue weighted by Gasteiger charge is 2.40. The zero-order chi connectivity index (χ0) is 14.9. The summed E-state index contributed by atoms with van der Waals surface area (Å²) in [6.45, 7) is 12.7. The van der Waals surface area contributed by atoms with E-state index in [1.807, 2.05) is 13.8 Å². The molecule has 0 saturated carbocycles. The summed E-state index contributed by atoms with van der Waals surface area (Å²) in [5.41, 5.74) is 0.139. The number of hydrogen-bond acceptors (Lipinski definition) is 4. The van der Waals surface area contributed by atoms with Crippen molar-refractivity contribution in [2.75, 3.05) is 25.9 Å². The van der Waals surface area contributed by atoms with Gasteiger partial charge in [0.1, 0.15) is 0 Å². The molecule has 0 amide bonds. The minimum absolute atomic E-state index is 0.139. The first-order valence-corrected chi connectivity index (χ1v) is 9.15. The van der Waals surface area contributed by atoms with Gasteiger partial charge in [-0.25, -0.2) is 8.42 Å². The van der Waals surface area contributed by atoms with Gasteiger partial charge in [-0.05, 0) is 33.6 Å². The minimum Gasteiger partial charge on any atom is -0.308 e. The maximum absolute atomic E-state index is 11.9. The van der Waals surface area contributed by atoms with E-state index in [1.54, 1.807) is 0 Å². The number of sulfone groups is 1. The number of nitrogens with one attached hydrogen (secondary N) is 1. The first-order chi connectivity index (χ1) is 8.57. The summed E-state index contributed by atoms with van der Waals surface area (Å²) in [7, 11) is -3.04. The molecular formula is C14H30N2O2S. The summed E-state index contributed by atoms with van der Waals surface area (Å²) in [5, 5.41) is 3.65. The first kappa shape index (κ1) is 16.9. The molecule has 5 heteroatoms. The molecule has 114 valence electrons. The second-order valence-electron chi connectivity index (χ2n) is 6.65. The molecule has 0 radical (unpaired) electrons. The van der Waals surface area contributed by atoms with Gasteiger partial charge in [0, 0.05) is 37.5 Å². The molecule has 1 atom stereocenters. The third-order valence-corrected chi connectivity index (χ3v) is 6.98. The molecule has 19 heavy (non-hydrogen) atoms. The van der Waals surface area contributed by atoms with Crippen LogP contribution in [0.25, 0.3) is 0 Å². The van der Waals surface area contributed by atoms with Gasteiger partial charge in [-0.15, -0.1) is 0 Å². The zero-order valence-electron chi connectivity index (χ0n) is 13.3. The molecule has 0 aromatic heterocycles. The van der Waals surface area contributed by atoms with Crippen molar-refractivity contribution in [2.45, 2.75) is 63.8 Å². The highest BCUT2D eigenvalue weighted by Crippen LogP contribution is 2.26. The van der Waals surface area contributed by atoms with Crippen LogP contribution in [0.5, 0.6) is 0 Å². The topological polar surface area (TPSA) is 49.4 Å². The number of hydrogen-bond donors (Lipinski definition) is 1. The summed E-state index contributed by atoms with van der Waals surface area (Å²) in [6, 6.07) is 0.382. The maximum Gasteiger partial charge on any atom is 0.153 e. The highest BCUT2D eigenvalue weighted by molar-refractivity contribution is 7.92. The van der Waals surface area contributed by atoms with Crippen LogP contribution >= 0.6 is 0 Å². The molecule has 0 aliphatic carbocycles. The Morgan fingerprint density at radius 2 is 1.84 bits per heavy atom. The van der Waals surface area contributed by atoms with Crippen molar-refractivity contribution in [3.8, 4) is 0 Å². The average molecular weight is 290 g/mol. The second-order valence-corrected chi connectivity index (χ2v) is 9.30. The Morgan fingerprint density at radius 3 is 2.26 bits per heavy atom. The second kappa shape index (κ2) is 5.70. The Morgan fingerprint density at radius 1 is 1.32 bits per heavy atom. The maximum atomic E-state index is 11.9. The van der Waals surface area contributed by atoms with Crippen molar-refractivity contribution in [3.63, 3.8) is 0 Å². The molecule has 4 nitrogen and oxygen atoms in total.